The lowest BCUT2D eigenvalue weighted by Crippen LogP contribution is -2.64. The molecule has 0 radical (unpaired) electrons. The lowest BCUT2D eigenvalue weighted by molar-refractivity contribution is -0.199. The first-order chi connectivity index (χ1) is 20.1. The average molecular weight is 605 g/mol. The van der Waals surface area contributed by atoms with Gasteiger partial charge in [-0.2, -0.15) is 0 Å². The fourth-order valence-electron chi connectivity index (χ4n) is 9.32. The number of cyclic esters (lactones) is 1. The van der Waals surface area contributed by atoms with Crippen LogP contribution in [0.5, 0.6) is 0 Å². The van der Waals surface area contributed by atoms with Gasteiger partial charge in [0, 0.05) is 23.2 Å². The molecule has 12 nitrogen and oxygen atoms in total. The molecule has 5 aliphatic rings. The molecule has 2 aliphatic carbocycles. The van der Waals surface area contributed by atoms with E-state index in [1.54, 1.807) is 33.8 Å². The normalized spacial score (nSPS) is 47.1. The molecule has 1 spiro atoms. The molecule has 0 amide bonds. The minimum absolute atomic E-state index is 0.102. The van der Waals surface area contributed by atoms with E-state index >= 15 is 0 Å². The maximum Gasteiger partial charge on any atom is 0.335 e. The Morgan fingerprint density at radius 2 is 1.91 bits per heavy atom. The molecule has 2 saturated carbocycles. The molecule has 1 aromatic heterocycles. The zero-order chi connectivity index (χ0) is 31.4. The molecule has 13 atom stereocenters. The Morgan fingerprint density at radius 3 is 2.49 bits per heavy atom. The zero-order valence-corrected chi connectivity index (χ0v) is 24.9. The summed E-state index contributed by atoms with van der Waals surface area (Å²) in [6, 6.07) is 1.72. The third-order valence-electron chi connectivity index (χ3n) is 11.4. The molecule has 3 saturated heterocycles. The number of epoxide rings is 1. The summed E-state index contributed by atoms with van der Waals surface area (Å²) in [7, 11) is 0. The first-order valence-electron chi connectivity index (χ1n) is 14.7. The van der Waals surface area contributed by atoms with Crippen LogP contribution in [0.3, 0.4) is 0 Å². The van der Waals surface area contributed by atoms with E-state index in [4.69, 9.17) is 23.4 Å². The zero-order valence-electron chi connectivity index (χ0n) is 24.9. The monoisotopic (exact) mass is 604 g/mol. The van der Waals surface area contributed by atoms with E-state index in [2.05, 4.69) is 6.58 Å². The van der Waals surface area contributed by atoms with E-state index in [0.717, 1.165) is 0 Å². The highest BCUT2D eigenvalue weighted by Gasteiger charge is 2.88. The second-order valence-electron chi connectivity index (χ2n) is 13.9. The first-order valence-corrected chi connectivity index (χ1v) is 14.7. The van der Waals surface area contributed by atoms with E-state index in [1.165, 1.54) is 12.5 Å². The number of hydrogen-bond donors (Lipinski definition) is 4. The van der Waals surface area contributed by atoms with Crippen LogP contribution in [0.25, 0.3) is 0 Å². The van der Waals surface area contributed by atoms with Gasteiger partial charge in [-0.05, 0) is 30.0 Å². The van der Waals surface area contributed by atoms with Gasteiger partial charge < -0.3 is 43.8 Å². The fraction of sp³-hybridized carbons (Fsp3) is 0.710. The standard InChI is InChI=1S/C31H40O12/c1-13(2)22(36)27(38)41-26-24-20(14(3)31-25(43-31)23(37)21(30(26,31)6)15-7-8-39-11-15)29(5,17(40-24)10-18(33)34)16-9-19(35)42-28(16,4)12-32/h7-8,11,13,16-17,20-26,32,36-37H,3,9-10,12H2,1-2,4-6H3,(H,33,34)/t16-,17-,20+,21+,22?,23-,24+,25+,26?,28-,29-,30+,31+/m0/s1. The maximum atomic E-state index is 13.5. The summed E-state index contributed by atoms with van der Waals surface area (Å²) < 4.78 is 30.2. The largest absolute Gasteiger partial charge is 0.481 e. The molecule has 0 bridgehead atoms. The van der Waals surface area contributed by atoms with Crippen LogP contribution in [-0.4, -0.2) is 92.8 Å². The molecule has 4 heterocycles. The van der Waals surface area contributed by atoms with Crippen LogP contribution < -0.4 is 0 Å². The topological polar surface area (TPSA) is 185 Å². The molecule has 5 fully saturated rings. The number of carbonyl (C=O) groups excluding carboxylic acids is 2. The Kier molecular flexibility index (Phi) is 6.77. The van der Waals surface area contributed by atoms with Crippen molar-refractivity contribution in [2.24, 2.45) is 28.6 Å². The predicted octanol–water partition coefficient (Wildman–Crippen LogP) is 1.56. The molecule has 4 N–H and O–H groups in total. The minimum atomic E-state index is -1.46. The van der Waals surface area contributed by atoms with Crippen LogP contribution in [0.4, 0.5) is 0 Å². The summed E-state index contributed by atoms with van der Waals surface area (Å²) in [5, 5.41) is 42.7. The van der Waals surface area contributed by atoms with Gasteiger partial charge in [0.05, 0.1) is 49.6 Å². The number of carboxylic acids is 1. The second-order valence-corrected chi connectivity index (χ2v) is 13.9. The lowest BCUT2D eigenvalue weighted by Gasteiger charge is -2.55. The SMILES string of the molecule is C=C1[C@@H]2[C@@H](O[C@@H](CC(=O)O)[C@]2(C)[C@H]2CC(=O)O[C@@]2(C)CO)C(OC(=O)C(O)C(C)C)[C@@]2(C)[C@H](c3ccoc3)[C@H](O)[C@H]3O[C@]132. The molecule has 43 heavy (non-hydrogen) atoms. The van der Waals surface area contributed by atoms with Crippen LogP contribution in [0.1, 0.15) is 58.9 Å². The van der Waals surface area contributed by atoms with Crippen molar-refractivity contribution >= 4 is 17.9 Å². The molecule has 236 valence electrons. The Bertz CT molecular complexity index is 1340. The Morgan fingerprint density at radius 1 is 1.21 bits per heavy atom. The maximum absolute atomic E-state index is 13.5. The van der Waals surface area contributed by atoms with Crippen LogP contribution in [0, 0.1) is 28.6 Å². The Labute approximate surface area is 248 Å². The van der Waals surface area contributed by atoms with Gasteiger partial charge in [-0.3, -0.25) is 9.59 Å². The summed E-state index contributed by atoms with van der Waals surface area (Å²) in [6.07, 6.45) is -3.95. The Balaban J connectivity index is 1.54. The minimum Gasteiger partial charge on any atom is -0.481 e. The van der Waals surface area contributed by atoms with E-state index in [9.17, 15) is 34.8 Å². The van der Waals surface area contributed by atoms with Gasteiger partial charge in [0.2, 0.25) is 0 Å². The summed E-state index contributed by atoms with van der Waals surface area (Å²) >= 11 is 0. The Hall–Kier alpha value is -2.77. The van der Waals surface area contributed by atoms with Crippen molar-refractivity contribution in [2.45, 2.75) is 101 Å². The number of carbonyl (C=O) groups is 3. The number of fused-ring (bicyclic) bond motifs is 1. The van der Waals surface area contributed by atoms with E-state index in [0.29, 0.717) is 11.1 Å². The number of aliphatic hydroxyl groups excluding tert-OH is 3. The van der Waals surface area contributed by atoms with E-state index < -0.39 is 113 Å². The van der Waals surface area contributed by atoms with Gasteiger partial charge in [-0.25, -0.2) is 4.79 Å². The number of ether oxygens (including phenoxy) is 4. The van der Waals surface area contributed by atoms with E-state index in [1.807, 2.05) is 6.92 Å². The number of carboxylic acid groups (broad SMARTS) is 1. The van der Waals surface area contributed by atoms with Crippen molar-refractivity contribution in [3.8, 4) is 0 Å². The van der Waals surface area contributed by atoms with Crippen LogP contribution in [0.15, 0.2) is 35.2 Å². The quantitative estimate of drug-likeness (QED) is 0.191. The number of furan rings is 1. The highest BCUT2D eigenvalue weighted by atomic mass is 16.6. The van der Waals surface area contributed by atoms with Crippen molar-refractivity contribution in [2.75, 3.05) is 6.61 Å². The fourth-order valence-corrected chi connectivity index (χ4v) is 9.32. The van der Waals surface area contributed by atoms with Crippen LogP contribution in [0.2, 0.25) is 0 Å². The number of aliphatic carboxylic acids is 1. The number of aliphatic hydroxyl groups is 3. The second kappa shape index (κ2) is 9.61. The molecular weight excluding hydrogens is 564 g/mol. The van der Waals surface area contributed by atoms with Gasteiger partial charge in [-0.1, -0.05) is 34.3 Å². The van der Waals surface area contributed by atoms with E-state index in [-0.39, 0.29) is 6.42 Å². The summed E-state index contributed by atoms with van der Waals surface area (Å²) in [5.74, 6) is -5.15. The molecule has 1 aromatic rings. The highest BCUT2D eigenvalue weighted by Crippen LogP contribution is 2.78. The summed E-state index contributed by atoms with van der Waals surface area (Å²) in [6.45, 7) is 12.6. The first kappa shape index (κ1) is 30.3. The molecule has 0 aromatic carbocycles. The summed E-state index contributed by atoms with van der Waals surface area (Å²) in [4.78, 5) is 38.4. The molecule has 2 unspecified atom stereocenters. The predicted molar refractivity (Wildman–Crippen MR) is 145 cm³/mol. The van der Waals surface area contributed by atoms with Gasteiger partial charge >= 0.3 is 17.9 Å². The van der Waals surface area contributed by atoms with Crippen molar-refractivity contribution in [3.63, 3.8) is 0 Å². The molecular formula is C31H40O12. The number of rotatable bonds is 8. The van der Waals surface area contributed by atoms with Crippen molar-refractivity contribution in [1.29, 1.82) is 0 Å². The number of esters is 2. The van der Waals surface area contributed by atoms with Crippen LogP contribution in [-0.2, 0) is 33.3 Å². The third-order valence-corrected chi connectivity index (χ3v) is 11.4. The smallest absolute Gasteiger partial charge is 0.335 e. The molecule has 12 heteroatoms. The average Bonchev–Trinajstić information content (AvgIpc) is 3.13. The molecule has 3 aliphatic heterocycles. The van der Waals surface area contributed by atoms with Crippen molar-refractivity contribution < 1.29 is 58.2 Å². The summed E-state index contributed by atoms with van der Waals surface area (Å²) in [5.41, 5.74) is -3.75. The third kappa shape index (κ3) is 3.76. The molecule has 6 rings (SSSR count). The van der Waals surface area contributed by atoms with Gasteiger partial charge in [0.1, 0.15) is 29.5 Å². The number of hydrogen-bond acceptors (Lipinski definition) is 11. The highest BCUT2D eigenvalue weighted by molar-refractivity contribution is 5.75. The van der Waals surface area contributed by atoms with Crippen molar-refractivity contribution in [1.82, 2.24) is 0 Å². The van der Waals surface area contributed by atoms with Gasteiger partial charge in [0.25, 0.3) is 0 Å². The van der Waals surface area contributed by atoms with Gasteiger partial charge in [0.15, 0.2) is 6.10 Å². The van der Waals surface area contributed by atoms with Crippen LogP contribution >= 0.6 is 0 Å². The van der Waals surface area contributed by atoms with Crippen molar-refractivity contribution in [3.05, 3.63) is 36.3 Å². The lowest BCUT2D eigenvalue weighted by atomic mass is 9.49. The van der Waals surface area contributed by atoms with Gasteiger partial charge in [-0.15, -0.1) is 0 Å².